The molecule has 0 saturated heterocycles. The van der Waals surface area contributed by atoms with Crippen molar-refractivity contribution in [2.75, 3.05) is 17.2 Å². The van der Waals surface area contributed by atoms with Crippen LogP contribution in [0.2, 0.25) is 0 Å². The molecule has 2 aliphatic heterocycles. The van der Waals surface area contributed by atoms with Gasteiger partial charge < -0.3 is 4.90 Å². The zero-order chi connectivity index (χ0) is 15.3. The summed E-state index contributed by atoms with van der Waals surface area (Å²) in [5.41, 5.74) is 3.57. The van der Waals surface area contributed by atoms with Crippen LogP contribution < -0.4 is 4.90 Å². The van der Waals surface area contributed by atoms with Crippen molar-refractivity contribution in [3.05, 3.63) is 23.3 Å². The molecular formula is C17H25NO2S. The monoisotopic (exact) mass is 307 g/mol. The second kappa shape index (κ2) is 5.01. The molecule has 0 saturated carbocycles. The fourth-order valence-corrected chi connectivity index (χ4v) is 5.18. The molecule has 0 aliphatic carbocycles. The highest BCUT2D eigenvalue weighted by molar-refractivity contribution is 7.91. The number of nitrogens with zero attached hydrogens (tertiary/aromatic N) is 1. The van der Waals surface area contributed by atoms with E-state index in [9.17, 15) is 8.42 Å². The molecule has 0 unspecified atom stereocenters. The summed E-state index contributed by atoms with van der Waals surface area (Å²) in [6, 6.07) is 4.14. The average molecular weight is 307 g/mol. The molecule has 3 rings (SSSR count). The third-order valence-corrected chi connectivity index (χ3v) is 6.51. The van der Waals surface area contributed by atoms with Crippen LogP contribution in [0.1, 0.15) is 51.2 Å². The van der Waals surface area contributed by atoms with Gasteiger partial charge in [0.15, 0.2) is 9.84 Å². The van der Waals surface area contributed by atoms with E-state index in [0.29, 0.717) is 10.6 Å². The summed E-state index contributed by atoms with van der Waals surface area (Å²) in [4.78, 5) is 3.06. The van der Waals surface area contributed by atoms with E-state index in [1.807, 2.05) is 6.07 Å². The SMILES string of the molecule is CC(C)(C)N1CCCCc2cc3c(cc21)CCCS3(=O)=O. The number of hydrogen-bond donors (Lipinski definition) is 0. The molecule has 1 aromatic carbocycles. The first-order valence-electron chi connectivity index (χ1n) is 7.95. The lowest BCUT2D eigenvalue weighted by atomic mass is 9.99. The molecule has 0 spiro atoms. The van der Waals surface area contributed by atoms with Crippen molar-refractivity contribution in [3.63, 3.8) is 0 Å². The van der Waals surface area contributed by atoms with Gasteiger partial charge in [-0.1, -0.05) is 0 Å². The Hall–Kier alpha value is -1.03. The summed E-state index contributed by atoms with van der Waals surface area (Å²) in [7, 11) is -3.06. The van der Waals surface area contributed by atoms with Gasteiger partial charge in [-0.3, -0.25) is 0 Å². The third-order valence-electron chi connectivity index (χ3n) is 4.63. The van der Waals surface area contributed by atoms with Gasteiger partial charge in [-0.05, 0) is 76.1 Å². The number of benzene rings is 1. The number of anilines is 1. The first kappa shape index (κ1) is 14.9. The maximum Gasteiger partial charge on any atom is 0.178 e. The third kappa shape index (κ3) is 2.70. The van der Waals surface area contributed by atoms with Crippen molar-refractivity contribution in [2.45, 2.75) is 63.3 Å². The van der Waals surface area contributed by atoms with Gasteiger partial charge >= 0.3 is 0 Å². The number of aryl methyl sites for hydroxylation is 2. The summed E-state index contributed by atoms with van der Waals surface area (Å²) >= 11 is 0. The molecule has 4 heteroatoms. The lowest BCUT2D eigenvalue weighted by Crippen LogP contribution is -2.42. The van der Waals surface area contributed by atoms with Crippen LogP contribution in [-0.4, -0.2) is 26.3 Å². The van der Waals surface area contributed by atoms with Crippen molar-refractivity contribution in [3.8, 4) is 0 Å². The van der Waals surface area contributed by atoms with E-state index in [1.54, 1.807) is 0 Å². The summed E-state index contributed by atoms with van der Waals surface area (Å²) in [6.07, 6.45) is 4.94. The molecule has 0 N–H and O–H groups in total. The number of fused-ring (bicyclic) bond motifs is 2. The van der Waals surface area contributed by atoms with Crippen molar-refractivity contribution in [1.29, 1.82) is 0 Å². The van der Waals surface area contributed by atoms with Gasteiger partial charge in [0.2, 0.25) is 0 Å². The molecule has 0 atom stereocenters. The minimum atomic E-state index is -3.06. The zero-order valence-corrected chi connectivity index (χ0v) is 14.1. The number of hydrogen-bond acceptors (Lipinski definition) is 3. The highest BCUT2D eigenvalue weighted by atomic mass is 32.2. The first-order chi connectivity index (χ1) is 9.79. The van der Waals surface area contributed by atoms with Crippen LogP contribution >= 0.6 is 0 Å². The Labute approximate surface area is 128 Å². The van der Waals surface area contributed by atoms with Gasteiger partial charge in [0.05, 0.1) is 10.6 Å². The van der Waals surface area contributed by atoms with E-state index in [-0.39, 0.29) is 5.54 Å². The second-order valence-corrected chi connectivity index (χ2v) is 9.37. The Kier molecular flexibility index (Phi) is 3.55. The quantitative estimate of drug-likeness (QED) is 0.737. The van der Waals surface area contributed by atoms with E-state index in [1.165, 1.54) is 17.7 Å². The Morgan fingerprint density at radius 2 is 1.71 bits per heavy atom. The fraction of sp³-hybridized carbons (Fsp3) is 0.647. The molecule has 21 heavy (non-hydrogen) atoms. The predicted molar refractivity (Wildman–Crippen MR) is 86.9 cm³/mol. The first-order valence-corrected chi connectivity index (χ1v) is 9.60. The normalized spacial score (nSPS) is 21.4. The van der Waals surface area contributed by atoms with E-state index in [0.717, 1.165) is 37.8 Å². The lowest BCUT2D eigenvalue weighted by Gasteiger charge is -2.38. The number of sulfone groups is 1. The molecule has 0 fully saturated rings. The van der Waals surface area contributed by atoms with Crippen LogP contribution in [0.25, 0.3) is 0 Å². The second-order valence-electron chi connectivity index (χ2n) is 7.29. The molecule has 1 aromatic rings. The largest absolute Gasteiger partial charge is 0.366 e. The lowest BCUT2D eigenvalue weighted by molar-refractivity contribution is 0.498. The highest BCUT2D eigenvalue weighted by Gasteiger charge is 2.30. The summed E-state index contributed by atoms with van der Waals surface area (Å²) in [6.45, 7) is 7.76. The molecule has 0 aromatic heterocycles. The smallest absolute Gasteiger partial charge is 0.178 e. The summed E-state index contributed by atoms with van der Waals surface area (Å²) in [5.74, 6) is 0.307. The Morgan fingerprint density at radius 1 is 1.00 bits per heavy atom. The van der Waals surface area contributed by atoms with Gasteiger partial charge in [-0.2, -0.15) is 0 Å². The zero-order valence-electron chi connectivity index (χ0n) is 13.3. The van der Waals surface area contributed by atoms with Crippen LogP contribution in [-0.2, 0) is 22.7 Å². The van der Waals surface area contributed by atoms with Crippen LogP contribution in [0.5, 0.6) is 0 Å². The molecule has 3 nitrogen and oxygen atoms in total. The Bertz CT molecular complexity index is 656. The van der Waals surface area contributed by atoms with Crippen LogP contribution in [0.4, 0.5) is 5.69 Å². The maximum atomic E-state index is 12.3. The van der Waals surface area contributed by atoms with E-state index < -0.39 is 9.84 Å². The predicted octanol–water partition coefficient (Wildman–Crippen LogP) is 3.35. The van der Waals surface area contributed by atoms with Crippen LogP contribution in [0.15, 0.2) is 17.0 Å². The van der Waals surface area contributed by atoms with Crippen LogP contribution in [0.3, 0.4) is 0 Å². The minimum absolute atomic E-state index is 0.0703. The standard InChI is InChI=1S/C17H25NO2S/c1-17(2,3)18-9-5-4-7-13-12-16-14(11-15(13)18)8-6-10-21(16,19)20/h11-12H,4-10H2,1-3H3. The van der Waals surface area contributed by atoms with Gasteiger partial charge in [-0.15, -0.1) is 0 Å². The maximum absolute atomic E-state index is 12.3. The average Bonchev–Trinajstić information content (AvgIpc) is 2.58. The molecular weight excluding hydrogens is 282 g/mol. The van der Waals surface area contributed by atoms with Gasteiger partial charge in [-0.25, -0.2) is 8.42 Å². The molecule has 0 amide bonds. The molecule has 2 heterocycles. The van der Waals surface area contributed by atoms with Gasteiger partial charge in [0.25, 0.3) is 0 Å². The minimum Gasteiger partial charge on any atom is -0.366 e. The van der Waals surface area contributed by atoms with E-state index in [2.05, 4.69) is 31.7 Å². The molecule has 0 radical (unpaired) electrons. The Balaban J connectivity index is 2.18. The van der Waals surface area contributed by atoms with Crippen molar-refractivity contribution >= 4 is 15.5 Å². The fourth-order valence-electron chi connectivity index (χ4n) is 3.56. The van der Waals surface area contributed by atoms with Gasteiger partial charge in [0.1, 0.15) is 0 Å². The van der Waals surface area contributed by atoms with E-state index >= 15 is 0 Å². The van der Waals surface area contributed by atoms with Crippen molar-refractivity contribution in [1.82, 2.24) is 0 Å². The Morgan fingerprint density at radius 3 is 2.43 bits per heavy atom. The van der Waals surface area contributed by atoms with Crippen molar-refractivity contribution < 1.29 is 8.42 Å². The molecule has 0 bridgehead atoms. The van der Waals surface area contributed by atoms with Gasteiger partial charge in [0, 0.05) is 17.8 Å². The van der Waals surface area contributed by atoms with Crippen LogP contribution in [0, 0.1) is 0 Å². The topological polar surface area (TPSA) is 37.4 Å². The molecule has 116 valence electrons. The summed E-state index contributed by atoms with van der Waals surface area (Å²) < 4.78 is 24.6. The van der Waals surface area contributed by atoms with E-state index in [4.69, 9.17) is 0 Å². The number of rotatable bonds is 0. The summed E-state index contributed by atoms with van der Waals surface area (Å²) in [5, 5.41) is 0. The molecule has 2 aliphatic rings. The highest BCUT2D eigenvalue weighted by Crippen LogP contribution is 2.37. The van der Waals surface area contributed by atoms with Crippen molar-refractivity contribution in [2.24, 2.45) is 0 Å².